The number of nitrogens with zero attached hydrogens (tertiary/aromatic N) is 1. The van der Waals surface area contributed by atoms with Crippen LogP contribution in [0.2, 0.25) is 5.02 Å². The van der Waals surface area contributed by atoms with Crippen molar-refractivity contribution in [1.29, 1.82) is 0 Å². The van der Waals surface area contributed by atoms with Crippen molar-refractivity contribution in [3.8, 4) is 0 Å². The quantitative estimate of drug-likeness (QED) is 0.182. The van der Waals surface area contributed by atoms with Crippen molar-refractivity contribution < 1.29 is 14.3 Å². The largest absolute Gasteiger partial charge is 0.463 e. The molecule has 1 aromatic rings. The highest BCUT2D eigenvalue weighted by molar-refractivity contribution is 6.30. The molecule has 1 rings (SSSR count). The molecule has 0 saturated heterocycles. The Morgan fingerprint density at radius 1 is 0.906 bits per heavy atom. The highest BCUT2D eigenvalue weighted by atomic mass is 35.5. The van der Waals surface area contributed by atoms with Crippen molar-refractivity contribution in [2.75, 3.05) is 6.61 Å². The zero-order chi connectivity index (χ0) is 23.7. The summed E-state index contributed by atoms with van der Waals surface area (Å²) in [4.78, 5) is 28.3. The van der Waals surface area contributed by atoms with Crippen molar-refractivity contribution in [3.63, 3.8) is 0 Å². The molecular weight excluding hydrogens is 424 g/mol. The fraction of sp³-hybridized carbons (Fsp3) is 0.731. The van der Waals surface area contributed by atoms with Crippen molar-refractivity contribution in [2.24, 2.45) is 0 Å². The minimum atomic E-state index is -0.677. The van der Waals surface area contributed by atoms with Gasteiger partial charge in [0.15, 0.2) is 0 Å². The summed E-state index contributed by atoms with van der Waals surface area (Å²) in [6.45, 7) is 6.02. The number of carbonyl (C=O) groups excluding carboxylic acids is 2. The van der Waals surface area contributed by atoms with E-state index in [1.54, 1.807) is 12.1 Å². The third-order valence-corrected chi connectivity index (χ3v) is 5.71. The number of amides is 1. The molecule has 0 radical (unpaired) electrons. The van der Waals surface area contributed by atoms with Crippen molar-refractivity contribution >= 4 is 23.5 Å². The number of esters is 1. The van der Waals surface area contributed by atoms with Crippen molar-refractivity contribution in [2.45, 2.75) is 116 Å². The van der Waals surface area contributed by atoms with Gasteiger partial charge in [0.2, 0.25) is 0 Å². The highest BCUT2D eigenvalue weighted by Gasteiger charge is 2.23. The molecule has 0 bridgehead atoms. The van der Waals surface area contributed by atoms with Crippen LogP contribution in [0.25, 0.3) is 0 Å². The van der Waals surface area contributed by atoms with E-state index in [0.29, 0.717) is 11.4 Å². The molecule has 1 amide bonds. The second-order valence-corrected chi connectivity index (χ2v) is 9.79. The van der Waals surface area contributed by atoms with E-state index in [1.807, 2.05) is 13.8 Å². The summed E-state index contributed by atoms with van der Waals surface area (Å²) >= 11 is 5.80. The van der Waals surface area contributed by atoms with Crippen LogP contribution in [0.15, 0.2) is 18.3 Å². The fourth-order valence-electron chi connectivity index (χ4n) is 3.54. The first-order valence-electron chi connectivity index (χ1n) is 12.4. The number of aromatic nitrogens is 1. The predicted molar refractivity (Wildman–Crippen MR) is 132 cm³/mol. The van der Waals surface area contributed by atoms with Crippen LogP contribution in [0.3, 0.4) is 0 Å². The molecule has 6 heteroatoms. The Morgan fingerprint density at radius 3 is 1.94 bits per heavy atom. The van der Waals surface area contributed by atoms with Gasteiger partial charge in [0.05, 0.1) is 10.6 Å². The maximum absolute atomic E-state index is 12.3. The summed E-state index contributed by atoms with van der Waals surface area (Å²) in [6.07, 6.45) is 18.5. The minimum Gasteiger partial charge on any atom is -0.463 e. The number of ether oxygens (including phenoxy) is 1. The smallest absolute Gasteiger partial charge is 0.305 e. The van der Waals surface area contributed by atoms with Gasteiger partial charge < -0.3 is 10.1 Å². The zero-order valence-electron chi connectivity index (χ0n) is 20.4. The van der Waals surface area contributed by atoms with Gasteiger partial charge in [-0.2, -0.15) is 0 Å². The first kappa shape index (κ1) is 28.4. The number of halogens is 1. The lowest BCUT2D eigenvalue weighted by molar-refractivity contribution is -0.145. The lowest BCUT2D eigenvalue weighted by atomic mass is 10.0. The van der Waals surface area contributed by atoms with Crippen LogP contribution in [-0.4, -0.2) is 29.0 Å². The molecule has 0 aliphatic heterocycles. The van der Waals surface area contributed by atoms with E-state index >= 15 is 0 Å². The van der Waals surface area contributed by atoms with Gasteiger partial charge in [0.25, 0.3) is 5.91 Å². The second-order valence-electron chi connectivity index (χ2n) is 9.35. The minimum absolute atomic E-state index is 0.129. The van der Waals surface area contributed by atoms with Gasteiger partial charge in [0, 0.05) is 12.6 Å². The van der Waals surface area contributed by atoms with Crippen molar-refractivity contribution in [1.82, 2.24) is 10.3 Å². The average Bonchev–Trinajstić information content (AvgIpc) is 2.75. The highest BCUT2D eigenvalue weighted by Crippen LogP contribution is 2.14. The zero-order valence-corrected chi connectivity index (χ0v) is 21.1. The lowest BCUT2D eigenvalue weighted by Gasteiger charge is -2.25. The summed E-state index contributed by atoms with van der Waals surface area (Å²) in [5.41, 5.74) is -0.398. The van der Waals surface area contributed by atoms with Crippen LogP contribution in [0.1, 0.15) is 121 Å². The summed E-state index contributed by atoms with van der Waals surface area (Å²) in [5, 5.41) is 3.32. The number of nitrogens with one attached hydrogen (secondary N) is 1. The summed E-state index contributed by atoms with van der Waals surface area (Å²) < 4.78 is 5.37. The van der Waals surface area contributed by atoms with E-state index in [1.165, 1.54) is 76.8 Å². The van der Waals surface area contributed by atoms with Crippen LogP contribution in [-0.2, 0) is 9.53 Å². The molecule has 5 nitrogen and oxygen atoms in total. The molecule has 1 heterocycles. The number of unbranched alkanes of at least 4 members (excludes halogenated alkanes) is 12. The lowest BCUT2D eigenvalue weighted by Crippen LogP contribution is -2.47. The fourth-order valence-corrected chi connectivity index (χ4v) is 3.65. The third kappa shape index (κ3) is 14.4. The van der Waals surface area contributed by atoms with E-state index in [9.17, 15) is 9.59 Å². The monoisotopic (exact) mass is 466 g/mol. The summed E-state index contributed by atoms with van der Waals surface area (Å²) in [5.74, 6) is -0.528. The van der Waals surface area contributed by atoms with Gasteiger partial charge in [-0.3, -0.25) is 9.59 Å². The Bertz CT molecular complexity index is 647. The van der Waals surface area contributed by atoms with Crippen LogP contribution >= 0.6 is 11.6 Å². The molecule has 1 N–H and O–H groups in total. The van der Waals surface area contributed by atoms with Crippen LogP contribution in [0, 0.1) is 0 Å². The van der Waals surface area contributed by atoms with Gasteiger partial charge >= 0.3 is 5.97 Å². The van der Waals surface area contributed by atoms with Gasteiger partial charge in [-0.05, 0) is 32.4 Å². The molecule has 1 aromatic heterocycles. The van der Waals surface area contributed by atoms with Crippen LogP contribution in [0.5, 0.6) is 0 Å². The van der Waals surface area contributed by atoms with Crippen LogP contribution in [0.4, 0.5) is 0 Å². The predicted octanol–water partition coefficient (Wildman–Crippen LogP) is 7.27. The molecule has 0 aromatic carbocycles. The van der Waals surface area contributed by atoms with Gasteiger partial charge in [-0.15, -0.1) is 0 Å². The maximum Gasteiger partial charge on any atom is 0.305 e. The standard InChI is InChI=1S/C26H43ClN2O3/c1-4-5-6-7-8-9-10-11-12-13-14-15-16-17-24(30)32-21-26(2,3)29-25(31)23-19-18-22(27)20-28-23/h18-20H,4-17,21H2,1-3H3,(H,29,31). The molecular formula is C26H43ClN2O3. The third-order valence-electron chi connectivity index (χ3n) is 5.49. The molecule has 182 valence electrons. The first-order chi connectivity index (χ1) is 15.3. The molecule has 0 fully saturated rings. The summed E-state index contributed by atoms with van der Waals surface area (Å²) in [6, 6.07) is 3.18. The molecule has 0 aliphatic carbocycles. The van der Waals surface area contributed by atoms with E-state index in [4.69, 9.17) is 16.3 Å². The first-order valence-corrected chi connectivity index (χ1v) is 12.8. The number of carbonyl (C=O) groups is 2. The topological polar surface area (TPSA) is 68.3 Å². The van der Waals surface area contributed by atoms with E-state index in [2.05, 4.69) is 17.2 Å². The van der Waals surface area contributed by atoms with Gasteiger partial charge in [0.1, 0.15) is 12.3 Å². The molecule has 0 aliphatic rings. The Hall–Kier alpha value is -1.62. The Labute approximate surface area is 200 Å². The van der Waals surface area contributed by atoms with E-state index in [-0.39, 0.29) is 24.2 Å². The number of hydrogen-bond donors (Lipinski definition) is 1. The van der Waals surface area contributed by atoms with E-state index < -0.39 is 5.54 Å². The second kappa shape index (κ2) is 16.9. The van der Waals surface area contributed by atoms with Crippen LogP contribution < -0.4 is 5.32 Å². The number of hydrogen-bond acceptors (Lipinski definition) is 4. The normalized spacial score (nSPS) is 11.4. The Kier molecular flexibility index (Phi) is 15.0. The maximum atomic E-state index is 12.3. The van der Waals surface area contributed by atoms with Gasteiger partial charge in [-0.25, -0.2) is 4.98 Å². The number of pyridine rings is 1. The molecule has 0 atom stereocenters. The number of rotatable bonds is 18. The Balaban J connectivity index is 2.02. The SMILES string of the molecule is CCCCCCCCCCCCCCCC(=O)OCC(C)(C)NC(=O)c1ccc(Cl)cn1. The van der Waals surface area contributed by atoms with Crippen molar-refractivity contribution in [3.05, 3.63) is 29.0 Å². The molecule has 0 saturated carbocycles. The molecule has 0 spiro atoms. The molecule has 0 unspecified atom stereocenters. The van der Waals surface area contributed by atoms with E-state index in [0.717, 1.165) is 12.8 Å². The average molecular weight is 467 g/mol. The Morgan fingerprint density at radius 2 is 1.44 bits per heavy atom. The summed E-state index contributed by atoms with van der Waals surface area (Å²) in [7, 11) is 0. The molecule has 32 heavy (non-hydrogen) atoms. The van der Waals surface area contributed by atoms with Gasteiger partial charge in [-0.1, -0.05) is 95.6 Å².